The Morgan fingerprint density at radius 1 is 0.341 bits per heavy atom. The number of hydrogen-bond donors (Lipinski definition) is 0. The monoisotopic (exact) mass is 559 g/mol. The van der Waals surface area contributed by atoms with E-state index in [0.29, 0.717) is 0 Å². The fourth-order valence-electron chi connectivity index (χ4n) is 7.47. The summed E-state index contributed by atoms with van der Waals surface area (Å²) in [5, 5.41) is 9.86. The Morgan fingerprint density at radius 3 is 1.57 bits per heavy atom. The van der Waals surface area contributed by atoms with Gasteiger partial charge in [-0.1, -0.05) is 109 Å². The van der Waals surface area contributed by atoms with Gasteiger partial charge in [0.2, 0.25) is 0 Å². The number of furan rings is 1. The molecule has 0 atom stereocenters. The number of benzene rings is 7. The summed E-state index contributed by atoms with van der Waals surface area (Å²) in [6.07, 6.45) is 0. The molecular formula is C42H25NO. The van der Waals surface area contributed by atoms with Gasteiger partial charge in [-0.15, -0.1) is 0 Å². The van der Waals surface area contributed by atoms with E-state index in [4.69, 9.17) is 4.42 Å². The summed E-state index contributed by atoms with van der Waals surface area (Å²) in [7, 11) is 0. The minimum atomic E-state index is 0.927. The highest BCUT2D eigenvalue weighted by molar-refractivity contribution is 6.38. The molecular weight excluding hydrogens is 534 g/mol. The molecule has 0 aliphatic carbocycles. The van der Waals surface area contributed by atoms with Gasteiger partial charge < -0.3 is 8.98 Å². The molecule has 2 heterocycles. The Hall–Kier alpha value is -5.86. The van der Waals surface area contributed by atoms with Crippen molar-refractivity contribution in [2.45, 2.75) is 0 Å². The van der Waals surface area contributed by atoms with Gasteiger partial charge >= 0.3 is 0 Å². The van der Waals surface area contributed by atoms with Gasteiger partial charge in [0.1, 0.15) is 11.2 Å². The van der Waals surface area contributed by atoms with E-state index in [2.05, 4.69) is 156 Å². The van der Waals surface area contributed by atoms with E-state index in [1.54, 1.807) is 0 Å². The highest BCUT2D eigenvalue weighted by Crippen LogP contribution is 2.47. The molecule has 0 amide bonds. The second-order valence-corrected chi connectivity index (χ2v) is 11.7. The molecule has 44 heavy (non-hydrogen) atoms. The molecule has 0 spiro atoms. The Labute approximate surface area is 253 Å². The van der Waals surface area contributed by atoms with Crippen LogP contribution in [0.2, 0.25) is 0 Å². The number of aromatic nitrogens is 1. The molecule has 0 saturated heterocycles. The minimum Gasteiger partial charge on any atom is -0.456 e. The molecule has 0 unspecified atom stereocenters. The smallest absolute Gasteiger partial charge is 0.136 e. The van der Waals surface area contributed by atoms with Crippen molar-refractivity contribution in [3.8, 4) is 27.9 Å². The fraction of sp³-hybridized carbons (Fsp3) is 0. The Morgan fingerprint density at radius 2 is 0.886 bits per heavy atom. The predicted octanol–water partition coefficient (Wildman–Crippen LogP) is 11.8. The maximum absolute atomic E-state index is 6.55. The lowest BCUT2D eigenvalue weighted by Crippen LogP contribution is -1.96. The Balaban J connectivity index is 1.43. The van der Waals surface area contributed by atoms with Crippen molar-refractivity contribution in [3.05, 3.63) is 152 Å². The zero-order valence-electron chi connectivity index (χ0n) is 23.8. The summed E-state index contributed by atoms with van der Waals surface area (Å²) in [6, 6.07) is 54.8. The van der Waals surface area contributed by atoms with Gasteiger partial charge in [-0.25, -0.2) is 0 Å². The van der Waals surface area contributed by atoms with Crippen LogP contribution in [0.25, 0.3) is 93.2 Å². The normalized spacial score (nSPS) is 12.1. The molecule has 0 saturated carbocycles. The first-order valence-corrected chi connectivity index (χ1v) is 15.1. The summed E-state index contributed by atoms with van der Waals surface area (Å²) < 4.78 is 9.01. The van der Waals surface area contributed by atoms with Crippen molar-refractivity contribution in [3.63, 3.8) is 0 Å². The third kappa shape index (κ3) is 3.20. The van der Waals surface area contributed by atoms with Crippen molar-refractivity contribution >= 4 is 65.3 Å². The number of fused-ring (bicyclic) bond motifs is 3. The lowest BCUT2D eigenvalue weighted by molar-refractivity contribution is 0.669. The molecule has 2 heteroatoms. The van der Waals surface area contributed by atoms with Gasteiger partial charge in [-0.2, -0.15) is 0 Å². The summed E-state index contributed by atoms with van der Waals surface area (Å²) >= 11 is 0. The molecule has 0 radical (unpaired) electrons. The molecule has 0 aliphatic heterocycles. The van der Waals surface area contributed by atoms with E-state index in [0.717, 1.165) is 16.9 Å². The van der Waals surface area contributed by atoms with Crippen LogP contribution in [0.4, 0.5) is 0 Å². The topological polar surface area (TPSA) is 18.1 Å². The van der Waals surface area contributed by atoms with Crippen LogP contribution in [0, 0.1) is 0 Å². The van der Waals surface area contributed by atoms with E-state index in [1.165, 1.54) is 76.4 Å². The van der Waals surface area contributed by atoms with E-state index in [-0.39, 0.29) is 0 Å². The average Bonchev–Trinajstić information content (AvgIpc) is 3.64. The fourth-order valence-corrected chi connectivity index (χ4v) is 7.47. The summed E-state index contributed by atoms with van der Waals surface area (Å²) in [5.41, 5.74) is 10.2. The van der Waals surface area contributed by atoms with E-state index < -0.39 is 0 Å². The summed E-state index contributed by atoms with van der Waals surface area (Å²) in [6.45, 7) is 0. The van der Waals surface area contributed by atoms with Gasteiger partial charge in [0.15, 0.2) is 0 Å². The Bertz CT molecular complexity index is 2640. The first-order valence-electron chi connectivity index (χ1n) is 15.1. The first-order chi connectivity index (χ1) is 21.8. The lowest BCUT2D eigenvalue weighted by Gasteiger charge is -2.14. The second-order valence-electron chi connectivity index (χ2n) is 11.7. The zero-order valence-corrected chi connectivity index (χ0v) is 23.8. The maximum atomic E-state index is 6.55. The van der Waals surface area contributed by atoms with Gasteiger partial charge in [0.05, 0.1) is 11.0 Å². The molecule has 0 fully saturated rings. The van der Waals surface area contributed by atoms with Crippen LogP contribution in [0.1, 0.15) is 0 Å². The van der Waals surface area contributed by atoms with Crippen molar-refractivity contribution < 1.29 is 4.42 Å². The highest BCUT2D eigenvalue weighted by Gasteiger charge is 2.23. The van der Waals surface area contributed by atoms with Gasteiger partial charge in [-0.05, 0) is 86.3 Å². The van der Waals surface area contributed by atoms with Crippen LogP contribution >= 0.6 is 0 Å². The average molecular weight is 560 g/mol. The molecule has 8 aromatic carbocycles. The quantitative estimate of drug-likeness (QED) is 0.211. The van der Waals surface area contributed by atoms with Crippen LogP contribution in [0.3, 0.4) is 0 Å². The molecule has 10 aromatic rings. The van der Waals surface area contributed by atoms with Crippen LogP contribution in [-0.4, -0.2) is 4.57 Å². The standard InChI is InChI=1S/C42H25NO/c1-3-11-26(12-4-1)28-23-29(27-13-5-2-6-14-27)25-30(24-28)43-35-19-9-17-33-31-15-7-8-16-32(31)34-18-10-20-37-40(34)42-38(44-37)22-21-36(43)41(42)39(33)35/h1-25H. The van der Waals surface area contributed by atoms with Crippen LogP contribution < -0.4 is 0 Å². The Kier molecular flexibility index (Phi) is 4.75. The van der Waals surface area contributed by atoms with Crippen LogP contribution in [0.5, 0.6) is 0 Å². The molecule has 2 nitrogen and oxygen atoms in total. The van der Waals surface area contributed by atoms with Crippen molar-refractivity contribution in [1.82, 2.24) is 4.57 Å². The predicted molar refractivity (Wildman–Crippen MR) is 185 cm³/mol. The van der Waals surface area contributed by atoms with E-state index in [9.17, 15) is 0 Å². The van der Waals surface area contributed by atoms with Crippen molar-refractivity contribution in [2.75, 3.05) is 0 Å². The second kappa shape index (κ2) is 8.82. The molecule has 10 rings (SSSR count). The minimum absolute atomic E-state index is 0.927. The molecule has 0 bridgehead atoms. The van der Waals surface area contributed by atoms with Gasteiger partial charge in [0, 0.05) is 27.2 Å². The number of rotatable bonds is 3. The molecule has 0 aliphatic rings. The zero-order chi connectivity index (χ0) is 28.8. The van der Waals surface area contributed by atoms with Crippen molar-refractivity contribution in [1.29, 1.82) is 0 Å². The van der Waals surface area contributed by atoms with Gasteiger partial charge in [0.25, 0.3) is 0 Å². The summed E-state index contributed by atoms with van der Waals surface area (Å²) in [4.78, 5) is 0. The third-order valence-corrected chi connectivity index (χ3v) is 9.31. The summed E-state index contributed by atoms with van der Waals surface area (Å²) in [5.74, 6) is 0. The first kappa shape index (κ1) is 23.7. The SMILES string of the molecule is c1ccc(-c2cc(-c3ccccc3)cc(-n3c4cccc5c6ccccc6c6cccc7oc8ccc3c(c8c76)c54)c2)cc1. The van der Waals surface area contributed by atoms with Crippen LogP contribution in [-0.2, 0) is 0 Å². The van der Waals surface area contributed by atoms with Gasteiger partial charge in [-0.3, -0.25) is 0 Å². The maximum Gasteiger partial charge on any atom is 0.136 e. The molecule has 204 valence electrons. The van der Waals surface area contributed by atoms with E-state index in [1.807, 2.05) is 0 Å². The third-order valence-electron chi connectivity index (χ3n) is 9.31. The lowest BCUT2D eigenvalue weighted by atomic mass is 9.95. The van der Waals surface area contributed by atoms with Crippen LogP contribution in [0.15, 0.2) is 156 Å². The molecule has 2 aromatic heterocycles. The van der Waals surface area contributed by atoms with E-state index >= 15 is 0 Å². The number of hydrogen-bond acceptors (Lipinski definition) is 1. The highest BCUT2D eigenvalue weighted by atomic mass is 16.3. The van der Waals surface area contributed by atoms with Crippen molar-refractivity contribution in [2.24, 2.45) is 0 Å². The molecule has 0 N–H and O–H groups in total. The number of nitrogens with zero attached hydrogens (tertiary/aromatic N) is 1. The largest absolute Gasteiger partial charge is 0.456 e.